The Labute approximate surface area is 116 Å². The second-order valence-electron chi connectivity index (χ2n) is 5.64. The molecule has 1 rings (SSSR count). The van der Waals surface area contributed by atoms with Gasteiger partial charge in [0.05, 0.1) is 7.11 Å². The molecule has 0 saturated heterocycles. The number of ether oxygens (including phenoxy) is 1. The molecule has 0 aromatic heterocycles. The molecule has 0 fully saturated rings. The van der Waals surface area contributed by atoms with E-state index in [1.807, 2.05) is 12.1 Å². The van der Waals surface area contributed by atoms with Crippen LogP contribution in [0.3, 0.4) is 0 Å². The van der Waals surface area contributed by atoms with Gasteiger partial charge in [0.2, 0.25) is 0 Å². The summed E-state index contributed by atoms with van der Waals surface area (Å²) in [5.74, 6) is 0.798. The lowest BCUT2D eigenvalue weighted by molar-refractivity contribution is 0.273. The van der Waals surface area contributed by atoms with E-state index in [-0.39, 0.29) is 11.5 Å². The zero-order chi connectivity index (χ0) is 13.8. The standard InChI is InChI=1S/C15H24ClNO/c1-6-9-17-14(15(2,3)4)12-8-7-11(18-5)10-13(12)16/h7-8,10,14,17H,6,9H2,1-5H3. The average molecular weight is 270 g/mol. The molecule has 0 saturated carbocycles. The molecular formula is C15H24ClNO. The molecule has 0 aliphatic carbocycles. The molecular weight excluding hydrogens is 246 g/mol. The summed E-state index contributed by atoms with van der Waals surface area (Å²) in [6.45, 7) is 9.83. The molecule has 1 atom stereocenters. The number of hydrogen-bond donors (Lipinski definition) is 1. The predicted molar refractivity (Wildman–Crippen MR) is 78.5 cm³/mol. The van der Waals surface area contributed by atoms with E-state index in [9.17, 15) is 0 Å². The van der Waals surface area contributed by atoms with Gasteiger partial charge in [-0.3, -0.25) is 0 Å². The van der Waals surface area contributed by atoms with Crippen molar-refractivity contribution in [1.82, 2.24) is 5.32 Å². The third kappa shape index (κ3) is 3.89. The summed E-state index contributed by atoms with van der Waals surface area (Å²) in [6.07, 6.45) is 1.11. The molecule has 1 N–H and O–H groups in total. The third-order valence-electron chi connectivity index (χ3n) is 2.98. The minimum Gasteiger partial charge on any atom is -0.497 e. The first kappa shape index (κ1) is 15.3. The summed E-state index contributed by atoms with van der Waals surface area (Å²) in [4.78, 5) is 0. The first-order chi connectivity index (χ1) is 8.40. The molecule has 18 heavy (non-hydrogen) atoms. The van der Waals surface area contributed by atoms with Gasteiger partial charge >= 0.3 is 0 Å². The van der Waals surface area contributed by atoms with Gasteiger partial charge in [0.1, 0.15) is 5.75 Å². The molecule has 0 spiro atoms. The van der Waals surface area contributed by atoms with Gasteiger partial charge in [0.25, 0.3) is 0 Å². The maximum Gasteiger partial charge on any atom is 0.120 e. The molecule has 1 aromatic carbocycles. The zero-order valence-electron chi connectivity index (χ0n) is 12.0. The number of halogens is 1. The number of rotatable bonds is 5. The van der Waals surface area contributed by atoms with Crippen molar-refractivity contribution in [2.75, 3.05) is 13.7 Å². The Morgan fingerprint density at radius 3 is 2.44 bits per heavy atom. The van der Waals surface area contributed by atoms with Crippen LogP contribution in [0.25, 0.3) is 0 Å². The van der Waals surface area contributed by atoms with Crippen LogP contribution in [-0.2, 0) is 0 Å². The van der Waals surface area contributed by atoms with Crippen LogP contribution in [0.4, 0.5) is 0 Å². The minimum atomic E-state index is 0.118. The van der Waals surface area contributed by atoms with Crippen molar-refractivity contribution in [3.63, 3.8) is 0 Å². The van der Waals surface area contributed by atoms with Gasteiger partial charge in [-0.25, -0.2) is 0 Å². The summed E-state index contributed by atoms with van der Waals surface area (Å²) in [5.41, 5.74) is 1.26. The van der Waals surface area contributed by atoms with Gasteiger partial charge in [-0.2, -0.15) is 0 Å². The summed E-state index contributed by atoms with van der Waals surface area (Å²) in [5, 5.41) is 4.34. The van der Waals surface area contributed by atoms with Crippen molar-refractivity contribution in [2.24, 2.45) is 5.41 Å². The number of methoxy groups -OCH3 is 1. The van der Waals surface area contributed by atoms with Gasteiger partial charge in [-0.1, -0.05) is 45.4 Å². The molecule has 1 unspecified atom stereocenters. The van der Waals surface area contributed by atoms with E-state index in [0.717, 1.165) is 29.3 Å². The first-order valence-electron chi connectivity index (χ1n) is 6.47. The van der Waals surface area contributed by atoms with Gasteiger partial charge in [-0.15, -0.1) is 0 Å². The fraction of sp³-hybridized carbons (Fsp3) is 0.600. The number of hydrogen-bond acceptors (Lipinski definition) is 2. The largest absolute Gasteiger partial charge is 0.497 e. The highest BCUT2D eigenvalue weighted by molar-refractivity contribution is 6.31. The first-order valence-corrected chi connectivity index (χ1v) is 6.84. The molecule has 0 radical (unpaired) electrons. The monoisotopic (exact) mass is 269 g/mol. The van der Waals surface area contributed by atoms with Crippen LogP contribution in [0.5, 0.6) is 5.75 Å². The normalized spacial score (nSPS) is 13.4. The minimum absolute atomic E-state index is 0.118. The highest BCUT2D eigenvalue weighted by Gasteiger charge is 2.27. The fourth-order valence-electron chi connectivity index (χ4n) is 2.04. The van der Waals surface area contributed by atoms with E-state index >= 15 is 0 Å². The topological polar surface area (TPSA) is 21.3 Å². The Morgan fingerprint density at radius 1 is 1.33 bits per heavy atom. The Bertz CT molecular complexity index is 385. The maximum atomic E-state index is 6.37. The van der Waals surface area contributed by atoms with Crippen molar-refractivity contribution in [3.8, 4) is 5.75 Å². The van der Waals surface area contributed by atoms with Crippen molar-refractivity contribution in [3.05, 3.63) is 28.8 Å². The summed E-state index contributed by atoms with van der Waals surface area (Å²) in [6, 6.07) is 6.15. The highest BCUT2D eigenvalue weighted by Crippen LogP contribution is 2.37. The Balaban J connectivity index is 3.05. The van der Waals surface area contributed by atoms with Crippen LogP contribution < -0.4 is 10.1 Å². The predicted octanol–water partition coefficient (Wildman–Crippen LogP) is 4.44. The number of nitrogens with one attached hydrogen (secondary N) is 1. The van der Waals surface area contributed by atoms with Crippen LogP contribution in [0.1, 0.15) is 45.7 Å². The van der Waals surface area contributed by atoms with E-state index in [0.29, 0.717) is 0 Å². The summed E-state index contributed by atoms with van der Waals surface area (Å²) in [7, 11) is 1.65. The Hall–Kier alpha value is -0.730. The van der Waals surface area contributed by atoms with Gasteiger partial charge in [0.15, 0.2) is 0 Å². The molecule has 102 valence electrons. The second kappa shape index (κ2) is 6.44. The molecule has 0 bridgehead atoms. The lowest BCUT2D eigenvalue weighted by Gasteiger charge is -2.33. The zero-order valence-corrected chi connectivity index (χ0v) is 12.8. The van der Waals surface area contributed by atoms with Gasteiger partial charge in [-0.05, 0) is 36.1 Å². The lowest BCUT2D eigenvalue weighted by Crippen LogP contribution is -2.33. The van der Waals surface area contributed by atoms with Crippen LogP contribution >= 0.6 is 11.6 Å². The molecule has 0 aliphatic rings. The quantitative estimate of drug-likeness (QED) is 0.854. The van der Waals surface area contributed by atoms with Crippen LogP contribution in [0, 0.1) is 5.41 Å². The fourth-order valence-corrected chi connectivity index (χ4v) is 2.32. The Morgan fingerprint density at radius 2 is 2.00 bits per heavy atom. The third-order valence-corrected chi connectivity index (χ3v) is 3.31. The van der Waals surface area contributed by atoms with Gasteiger partial charge in [0, 0.05) is 11.1 Å². The van der Waals surface area contributed by atoms with Crippen LogP contribution in [0.2, 0.25) is 5.02 Å². The molecule has 0 aliphatic heterocycles. The maximum absolute atomic E-state index is 6.37. The Kier molecular flexibility index (Phi) is 5.48. The molecule has 2 nitrogen and oxygen atoms in total. The highest BCUT2D eigenvalue weighted by atomic mass is 35.5. The summed E-state index contributed by atoms with van der Waals surface area (Å²) >= 11 is 6.37. The summed E-state index contributed by atoms with van der Waals surface area (Å²) < 4.78 is 5.19. The van der Waals surface area contributed by atoms with E-state index in [4.69, 9.17) is 16.3 Å². The second-order valence-corrected chi connectivity index (χ2v) is 6.05. The van der Waals surface area contributed by atoms with Crippen molar-refractivity contribution in [1.29, 1.82) is 0 Å². The molecule has 1 aromatic rings. The number of benzene rings is 1. The van der Waals surface area contributed by atoms with Crippen LogP contribution in [0.15, 0.2) is 18.2 Å². The van der Waals surface area contributed by atoms with Crippen molar-refractivity contribution < 1.29 is 4.74 Å². The van der Waals surface area contributed by atoms with E-state index in [1.165, 1.54) is 0 Å². The van der Waals surface area contributed by atoms with Crippen molar-refractivity contribution >= 4 is 11.6 Å². The van der Waals surface area contributed by atoms with E-state index in [1.54, 1.807) is 7.11 Å². The molecule has 0 amide bonds. The SMILES string of the molecule is CCCNC(c1ccc(OC)cc1Cl)C(C)(C)C. The van der Waals surface area contributed by atoms with Crippen molar-refractivity contribution in [2.45, 2.75) is 40.2 Å². The average Bonchev–Trinajstić information content (AvgIpc) is 2.29. The lowest BCUT2D eigenvalue weighted by atomic mass is 9.82. The smallest absolute Gasteiger partial charge is 0.120 e. The van der Waals surface area contributed by atoms with Gasteiger partial charge < -0.3 is 10.1 Å². The van der Waals surface area contributed by atoms with E-state index in [2.05, 4.69) is 39.1 Å². The van der Waals surface area contributed by atoms with Crippen LogP contribution in [-0.4, -0.2) is 13.7 Å². The molecule has 0 heterocycles. The molecule has 3 heteroatoms. The van der Waals surface area contributed by atoms with E-state index < -0.39 is 0 Å².